The average molecular weight is 321 g/mol. The Morgan fingerprint density at radius 1 is 1.00 bits per heavy atom. The molecular weight excluding hydrogens is 309 g/mol. The Kier molecular flexibility index (Phi) is 2.39. The lowest BCUT2D eigenvalue weighted by molar-refractivity contribution is 1.05. The normalized spacial score (nSPS) is 13.2. The zero-order chi connectivity index (χ0) is 11.1. The average Bonchev–Trinajstić information content (AvgIpc) is 2.31. The van der Waals surface area contributed by atoms with Crippen molar-refractivity contribution in [2.75, 3.05) is 11.9 Å². The SMILES string of the molecule is CN1c2ccccc2Cc2ccc(I)cc21. The third-order valence-corrected chi connectivity index (χ3v) is 3.81. The van der Waals surface area contributed by atoms with E-state index in [0.717, 1.165) is 6.42 Å². The van der Waals surface area contributed by atoms with E-state index in [1.54, 1.807) is 0 Å². The van der Waals surface area contributed by atoms with Crippen LogP contribution in [0, 0.1) is 3.57 Å². The molecular formula is C14H12IN. The zero-order valence-corrected chi connectivity index (χ0v) is 11.2. The lowest BCUT2D eigenvalue weighted by Crippen LogP contribution is -2.18. The van der Waals surface area contributed by atoms with Gasteiger partial charge in [-0.2, -0.15) is 0 Å². The van der Waals surface area contributed by atoms with Crippen LogP contribution in [0.3, 0.4) is 0 Å². The Morgan fingerprint density at radius 3 is 2.62 bits per heavy atom. The maximum atomic E-state index is 2.37. The van der Waals surface area contributed by atoms with E-state index in [1.165, 1.54) is 26.1 Å². The molecule has 2 aromatic rings. The van der Waals surface area contributed by atoms with Gasteiger partial charge in [0.2, 0.25) is 0 Å². The summed E-state index contributed by atoms with van der Waals surface area (Å²) in [4.78, 5) is 2.29. The molecule has 0 N–H and O–H groups in total. The highest BCUT2D eigenvalue weighted by molar-refractivity contribution is 14.1. The van der Waals surface area contributed by atoms with Crippen LogP contribution in [0.25, 0.3) is 0 Å². The standard InChI is InChI=1S/C14H12IN/c1-16-13-5-3-2-4-10(13)8-11-6-7-12(15)9-14(11)16/h2-7,9H,8H2,1H3. The number of hydrogen-bond acceptors (Lipinski definition) is 1. The summed E-state index contributed by atoms with van der Waals surface area (Å²) in [5.41, 5.74) is 5.50. The Hall–Kier alpha value is -1.03. The van der Waals surface area contributed by atoms with Crippen molar-refractivity contribution in [3.8, 4) is 0 Å². The van der Waals surface area contributed by atoms with Crippen molar-refractivity contribution in [1.82, 2.24) is 0 Å². The molecule has 0 saturated heterocycles. The monoisotopic (exact) mass is 321 g/mol. The third-order valence-electron chi connectivity index (χ3n) is 3.14. The van der Waals surface area contributed by atoms with Crippen LogP contribution in [-0.4, -0.2) is 7.05 Å². The molecule has 0 radical (unpaired) electrons. The van der Waals surface area contributed by atoms with Gasteiger partial charge in [0, 0.05) is 28.4 Å². The Bertz CT molecular complexity index is 548. The topological polar surface area (TPSA) is 3.24 Å². The van der Waals surface area contributed by atoms with E-state index in [4.69, 9.17) is 0 Å². The number of benzene rings is 2. The Labute approximate surface area is 109 Å². The highest BCUT2D eigenvalue weighted by Gasteiger charge is 2.18. The molecule has 0 atom stereocenters. The predicted molar refractivity (Wildman–Crippen MR) is 76.5 cm³/mol. The van der Waals surface area contributed by atoms with Crippen molar-refractivity contribution in [2.24, 2.45) is 0 Å². The van der Waals surface area contributed by atoms with Gasteiger partial charge in [0.05, 0.1) is 0 Å². The van der Waals surface area contributed by atoms with Crippen molar-refractivity contribution >= 4 is 34.0 Å². The van der Waals surface area contributed by atoms with E-state index in [0.29, 0.717) is 0 Å². The molecule has 1 aliphatic rings. The van der Waals surface area contributed by atoms with Gasteiger partial charge in [-0.05, 0) is 51.9 Å². The largest absolute Gasteiger partial charge is 0.344 e. The Balaban J connectivity index is 2.19. The van der Waals surface area contributed by atoms with Gasteiger partial charge in [-0.1, -0.05) is 24.3 Å². The molecule has 0 fully saturated rings. The molecule has 0 aliphatic carbocycles. The first kappa shape index (κ1) is 10.1. The zero-order valence-electron chi connectivity index (χ0n) is 9.07. The number of rotatable bonds is 0. The molecule has 0 bridgehead atoms. The third kappa shape index (κ3) is 1.52. The van der Waals surface area contributed by atoms with Crippen molar-refractivity contribution in [2.45, 2.75) is 6.42 Å². The van der Waals surface area contributed by atoms with Crippen molar-refractivity contribution < 1.29 is 0 Å². The summed E-state index contributed by atoms with van der Waals surface area (Å²) in [5.74, 6) is 0. The van der Waals surface area contributed by atoms with Crippen molar-refractivity contribution in [1.29, 1.82) is 0 Å². The fraction of sp³-hybridized carbons (Fsp3) is 0.143. The lowest BCUT2D eigenvalue weighted by Gasteiger charge is -2.30. The summed E-state index contributed by atoms with van der Waals surface area (Å²) in [6.07, 6.45) is 1.05. The molecule has 1 nitrogen and oxygen atoms in total. The van der Waals surface area contributed by atoms with Crippen LogP contribution in [0.2, 0.25) is 0 Å². The molecule has 2 heteroatoms. The fourth-order valence-electron chi connectivity index (χ4n) is 2.32. The van der Waals surface area contributed by atoms with Crippen molar-refractivity contribution in [3.05, 3.63) is 57.2 Å². The first-order valence-electron chi connectivity index (χ1n) is 5.36. The van der Waals surface area contributed by atoms with Crippen LogP contribution in [0.4, 0.5) is 11.4 Å². The van der Waals surface area contributed by atoms with Crippen molar-refractivity contribution in [3.63, 3.8) is 0 Å². The van der Waals surface area contributed by atoms with E-state index in [9.17, 15) is 0 Å². The molecule has 3 rings (SSSR count). The minimum atomic E-state index is 1.05. The van der Waals surface area contributed by atoms with Gasteiger partial charge >= 0.3 is 0 Å². The maximum absolute atomic E-state index is 2.37. The van der Waals surface area contributed by atoms with Crippen LogP contribution in [-0.2, 0) is 6.42 Å². The molecule has 0 aromatic heterocycles. The summed E-state index contributed by atoms with van der Waals surface area (Å²) < 4.78 is 1.29. The highest BCUT2D eigenvalue weighted by Crippen LogP contribution is 2.37. The fourth-order valence-corrected chi connectivity index (χ4v) is 2.80. The van der Waals surface area contributed by atoms with Gasteiger partial charge in [0.15, 0.2) is 0 Å². The summed E-state index contributed by atoms with van der Waals surface area (Å²) in [6.45, 7) is 0. The number of nitrogens with zero attached hydrogens (tertiary/aromatic N) is 1. The second kappa shape index (κ2) is 3.77. The molecule has 0 saturated carbocycles. The molecule has 0 amide bonds. The minimum absolute atomic E-state index is 1.05. The van der Waals surface area contributed by atoms with Gasteiger partial charge in [-0.15, -0.1) is 0 Å². The number of hydrogen-bond donors (Lipinski definition) is 0. The number of anilines is 2. The first-order chi connectivity index (χ1) is 7.75. The van der Waals surface area contributed by atoms with Gasteiger partial charge in [-0.25, -0.2) is 0 Å². The Morgan fingerprint density at radius 2 is 1.75 bits per heavy atom. The summed E-state index contributed by atoms with van der Waals surface area (Å²) >= 11 is 2.37. The van der Waals surface area contributed by atoms with E-state index in [1.807, 2.05) is 0 Å². The van der Waals surface area contributed by atoms with Crippen LogP contribution in [0.1, 0.15) is 11.1 Å². The number of para-hydroxylation sites is 1. The smallest absolute Gasteiger partial charge is 0.0454 e. The second-order valence-electron chi connectivity index (χ2n) is 4.14. The molecule has 80 valence electrons. The maximum Gasteiger partial charge on any atom is 0.0454 e. The van der Waals surface area contributed by atoms with Gasteiger partial charge < -0.3 is 4.90 Å². The minimum Gasteiger partial charge on any atom is -0.344 e. The molecule has 0 spiro atoms. The quantitative estimate of drug-likeness (QED) is 0.664. The lowest BCUT2D eigenvalue weighted by atomic mass is 9.96. The van der Waals surface area contributed by atoms with E-state index >= 15 is 0 Å². The van der Waals surface area contributed by atoms with E-state index in [-0.39, 0.29) is 0 Å². The molecule has 1 heterocycles. The van der Waals surface area contributed by atoms with Gasteiger partial charge in [0.25, 0.3) is 0 Å². The molecule has 16 heavy (non-hydrogen) atoms. The summed E-state index contributed by atoms with van der Waals surface area (Å²) in [5, 5.41) is 0. The predicted octanol–water partition coefficient (Wildman–Crippen LogP) is 3.96. The molecule has 1 aliphatic heterocycles. The number of halogens is 1. The summed E-state index contributed by atoms with van der Waals surface area (Å²) in [6, 6.07) is 15.3. The van der Waals surface area contributed by atoms with Crippen LogP contribution in [0.5, 0.6) is 0 Å². The van der Waals surface area contributed by atoms with Crippen LogP contribution in [0.15, 0.2) is 42.5 Å². The van der Waals surface area contributed by atoms with Gasteiger partial charge in [0.1, 0.15) is 0 Å². The van der Waals surface area contributed by atoms with Gasteiger partial charge in [-0.3, -0.25) is 0 Å². The molecule has 2 aromatic carbocycles. The first-order valence-corrected chi connectivity index (χ1v) is 6.43. The number of fused-ring (bicyclic) bond motifs is 2. The second-order valence-corrected chi connectivity index (χ2v) is 5.38. The highest BCUT2D eigenvalue weighted by atomic mass is 127. The summed E-state index contributed by atoms with van der Waals surface area (Å²) in [7, 11) is 2.15. The van der Waals surface area contributed by atoms with Crippen LogP contribution >= 0.6 is 22.6 Å². The molecule has 0 unspecified atom stereocenters. The van der Waals surface area contributed by atoms with E-state index < -0.39 is 0 Å². The van der Waals surface area contributed by atoms with Crippen LogP contribution < -0.4 is 4.90 Å². The van der Waals surface area contributed by atoms with E-state index in [2.05, 4.69) is 77.0 Å².